The molecule has 0 amide bonds. The smallest absolute Gasteiger partial charge is 0.122 e. The van der Waals surface area contributed by atoms with Crippen LogP contribution < -0.4 is 4.74 Å². The topological polar surface area (TPSA) is 18.5 Å². The Morgan fingerprint density at radius 1 is 0.963 bits per heavy atom. The lowest BCUT2D eigenvalue weighted by molar-refractivity contribution is -0.0444. The van der Waals surface area contributed by atoms with Crippen LogP contribution in [0, 0.1) is 29.1 Å². The van der Waals surface area contributed by atoms with E-state index in [1.54, 1.807) is 11.1 Å². The van der Waals surface area contributed by atoms with E-state index in [9.17, 15) is 0 Å². The van der Waals surface area contributed by atoms with Gasteiger partial charge in [-0.2, -0.15) is 0 Å². The molecule has 4 aliphatic rings. The second-order valence-electron chi connectivity index (χ2n) is 10.3. The van der Waals surface area contributed by atoms with Gasteiger partial charge in [-0.1, -0.05) is 26.8 Å². The van der Waals surface area contributed by atoms with Gasteiger partial charge in [-0.05, 0) is 102 Å². The van der Waals surface area contributed by atoms with Crippen molar-refractivity contribution in [3.63, 3.8) is 0 Å². The molecular formula is C25H36O2. The first-order valence-electron chi connectivity index (χ1n) is 11.2. The van der Waals surface area contributed by atoms with Crippen molar-refractivity contribution in [2.75, 3.05) is 14.2 Å². The van der Waals surface area contributed by atoms with Crippen molar-refractivity contribution in [3.8, 4) is 5.75 Å². The van der Waals surface area contributed by atoms with E-state index in [2.05, 4.69) is 32.9 Å². The molecule has 0 aliphatic heterocycles. The Morgan fingerprint density at radius 2 is 1.74 bits per heavy atom. The van der Waals surface area contributed by atoms with Crippen LogP contribution in [0.3, 0.4) is 0 Å². The van der Waals surface area contributed by atoms with E-state index < -0.39 is 0 Å². The second-order valence-corrected chi connectivity index (χ2v) is 10.3. The standard InChI is InChI=1S/C25H36O2/c1-14-15(2)24(14)20-13-19-16(12-22(20)26-4)6-7-18-17(19)10-11-25(3)21(18)8-9-23(25)27-5/h12-15,17-18,21,23-24H,6-11H2,1-5H3/t14?,15?,17-,18+,21-,23-,24?,25-/m0/s1. The third kappa shape index (κ3) is 2.48. The Labute approximate surface area is 165 Å². The minimum Gasteiger partial charge on any atom is -0.496 e. The van der Waals surface area contributed by atoms with Crippen molar-refractivity contribution < 1.29 is 9.47 Å². The molecular weight excluding hydrogens is 332 g/mol. The largest absolute Gasteiger partial charge is 0.496 e. The van der Waals surface area contributed by atoms with Crippen LogP contribution in [-0.2, 0) is 11.2 Å². The van der Waals surface area contributed by atoms with Gasteiger partial charge >= 0.3 is 0 Å². The van der Waals surface area contributed by atoms with Crippen LogP contribution in [0.5, 0.6) is 5.75 Å². The molecule has 1 aromatic rings. The quantitative estimate of drug-likeness (QED) is 0.658. The highest BCUT2D eigenvalue weighted by molar-refractivity contribution is 5.50. The summed E-state index contributed by atoms with van der Waals surface area (Å²) < 4.78 is 11.8. The van der Waals surface area contributed by atoms with Crippen LogP contribution in [0.4, 0.5) is 0 Å². The Balaban J connectivity index is 1.51. The zero-order chi connectivity index (χ0) is 18.9. The van der Waals surface area contributed by atoms with Crippen LogP contribution >= 0.6 is 0 Å². The molecule has 0 N–H and O–H groups in total. The van der Waals surface area contributed by atoms with Crippen molar-refractivity contribution in [2.24, 2.45) is 29.1 Å². The van der Waals surface area contributed by atoms with Gasteiger partial charge in [0.05, 0.1) is 13.2 Å². The number of benzene rings is 1. The van der Waals surface area contributed by atoms with E-state index in [4.69, 9.17) is 9.47 Å². The first-order chi connectivity index (χ1) is 13.0. The summed E-state index contributed by atoms with van der Waals surface area (Å²) in [4.78, 5) is 0. The van der Waals surface area contributed by atoms with Crippen LogP contribution in [0.15, 0.2) is 12.1 Å². The van der Waals surface area contributed by atoms with Gasteiger partial charge in [0.25, 0.3) is 0 Å². The van der Waals surface area contributed by atoms with Gasteiger partial charge in [-0.25, -0.2) is 0 Å². The fourth-order valence-corrected chi connectivity index (χ4v) is 7.62. The molecule has 2 heteroatoms. The summed E-state index contributed by atoms with van der Waals surface area (Å²) in [5.74, 6) is 5.89. The maximum Gasteiger partial charge on any atom is 0.122 e. The first-order valence-corrected chi connectivity index (χ1v) is 11.2. The number of rotatable bonds is 3. The maximum atomic E-state index is 5.93. The molecule has 148 valence electrons. The van der Waals surface area contributed by atoms with E-state index in [-0.39, 0.29) is 0 Å². The Bertz CT molecular complexity index is 732. The Morgan fingerprint density at radius 3 is 2.41 bits per heavy atom. The summed E-state index contributed by atoms with van der Waals surface area (Å²) in [6.07, 6.45) is 8.36. The fraction of sp³-hybridized carbons (Fsp3) is 0.760. The molecule has 4 aliphatic carbocycles. The predicted octanol–water partition coefficient (Wildman–Crippen LogP) is 5.94. The molecule has 0 heterocycles. The number of hydrogen-bond acceptors (Lipinski definition) is 2. The molecule has 3 fully saturated rings. The number of methoxy groups -OCH3 is 2. The van der Waals surface area contributed by atoms with E-state index in [1.165, 1.54) is 44.1 Å². The minimum absolute atomic E-state index is 0.405. The first kappa shape index (κ1) is 18.0. The van der Waals surface area contributed by atoms with Crippen molar-refractivity contribution in [3.05, 3.63) is 28.8 Å². The summed E-state index contributed by atoms with van der Waals surface area (Å²) in [6, 6.07) is 4.99. The average Bonchev–Trinajstić information content (AvgIpc) is 3.11. The predicted molar refractivity (Wildman–Crippen MR) is 109 cm³/mol. The highest BCUT2D eigenvalue weighted by Gasteiger charge is 2.55. The van der Waals surface area contributed by atoms with Gasteiger partial charge in [0, 0.05) is 7.11 Å². The van der Waals surface area contributed by atoms with Crippen molar-refractivity contribution >= 4 is 0 Å². The average molecular weight is 369 g/mol. The molecule has 7 atom stereocenters. The lowest BCUT2D eigenvalue weighted by atomic mass is 9.55. The molecule has 0 saturated heterocycles. The van der Waals surface area contributed by atoms with Crippen molar-refractivity contribution in [1.82, 2.24) is 0 Å². The summed E-state index contributed by atoms with van der Waals surface area (Å²) in [5.41, 5.74) is 5.15. The van der Waals surface area contributed by atoms with Crippen LogP contribution in [0.25, 0.3) is 0 Å². The van der Waals surface area contributed by atoms with Crippen LogP contribution in [0.2, 0.25) is 0 Å². The lowest BCUT2D eigenvalue weighted by Gasteiger charge is -2.50. The molecule has 27 heavy (non-hydrogen) atoms. The minimum atomic E-state index is 0.405. The van der Waals surface area contributed by atoms with Gasteiger partial charge in [0.2, 0.25) is 0 Å². The third-order valence-corrected chi connectivity index (χ3v) is 9.45. The highest BCUT2D eigenvalue weighted by atomic mass is 16.5. The van der Waals surface area contributed by atoms with Crippen molar-refractivity contribution in [1.29, 1.82) is 0 Å². The van der Waals surface area contributed by atoms with Crippen molar-refractivity contribution in [2.45, 2.75) is 77.2 Å². The summed E-state index contributed by atoms with van der Waals surface area (Å²) in [7, 11) is 3.78. The number of ether oxygens (including phenoxy) is 2. The summed E-state index contributed by atoms with van der Waals surface area (Å²) in [5, 5.41) is 0. The maximum absolute atomic E-state index is 5.93. The highest BCUT2D eigenvalue weighted by Crippen LogP contribution is 2.62. The fourth-order valence-electron chi connectivity index (χ4n) is 7.62. The molecule has 0 aromatic heterocycles. The number of aryl methyl sites for hydroxylation is 1. The second kappa shape index (κ2) is 6.24. The molecule has 0 radical (unpaired) electrons. The zero-order valence-electron chi connectivity index (χ0n) is 17.8. The Hall–Kier alpha value is -1.02. The van der Waals surface area contributed by atoms with Crippen LogP contribution in [0.1, 0.15) is 81.4 Å². The molecule has 0 bridgehead atoms. The Kier molecular flexibility index (Phi) is 4.17. The van der Waals surface area contributed by atoms with Gasteiger partial charge in [0.15, 0.2) is 0 Å². The molecule has 2 unspecified atom stereocenters. The normalized spacial score (nSPS) is 45.0. The molecule has 2 nitrogen and oxygen atoms in total. The number of fused-ring (bicyclic) bond motifs is 5. The van der Waals surface area contributed by atoms with Gasteiger partial charge in [-0.15, -0.1) is 0 Å². The molecule has 5 rings (SSSR count). The molecule has 0 spiro atoms. The zero-order valence-corrected chi connectivity index (χ0v) is 17.8. The van der Waals surface area contributed by atoms with Gasteiger partial charge in [-0.3, -0.25) is 0 Å². The SMILES string of the molecule is COc1cc2c(cc1C1C(C)C1C)[C@H]1CC[C@]3(C)[C@@H](OC)CC[C@H]3[C@@H]1CC2. The molecule has 3 saturated carbocycles. The van der Waals surface area contributed by atoms with E-state index in [1.807, 2.05) is 14.2 Å². The summed E-state index contributed by atoms with van der Waals surface area (Å²) >= 11 is 0. The monoisotopic (exact) mass is 368 g/mol. The van der Waals surface area contributed by atoms with Gasteiger partial charge < -0.3 is 9.47 Å². The molecule has 1 aromatic carbocycles. The third-order valence-electron chi connectivity index (χ3n) is 9.45. The van der Waals surface area contributed by atoms with E-state index >= 15 is 0 Å². The lowest BCUT2D eigenvalue weighted by Crippen LogP contribution is -2.44. The van der Waals surface area contributed by atoms with Gasteiger partial charge in [0.1, 0.15) is 5.75 Å². The number of hydrogen-bond donors (Lipinski definition) is 0. The summed E-state index contributed by atoms with van der Waals surface area (Å²) in [6.45, 7) is 7.32. The van der Waals surface area contributed by atoms with E-state index in [0.29, 0.717) is 17.4 Å². The van der Waals surface area contributed by atoms with Crippen LogP contribution in [-0.4, -0.2) is 20.3 Å². The van der Waals surface area contributed by atoms with E-state index in [0.717, 1.165) is 35.3 Å².